The molecule has 0 fully saturated rings. The third kappa shape index (κ3) is 4.10. The Labute approximate surface area is 171 Å². The van der Waals surface area contributed by atoms with E-state index in [1.54, 1.807) is 18.5 Å². The summed E-state index contributed by atoms with van der Waals surface area (Å²) in [5, 5.41) is 12.9. The molecular weight excluding hydrogens is 360 g/mol. The summed E-state index contributed by atoms with van der Waals surface area (Å²) in [6, 6.07) is 13.6. The summed E-state index contributed by atoms with van der Waals surface area (Å²) in [7, 11) is 0. The molecule has 0 unspecified atom stereocenters. The number of aryl methyl sites for hydroxylation is 2. The van der Waals surface area contributed by atoms with Crippen LogP contribution in [0.1, 0.15) is 29.7 Å². The van der Waals surface area contributed by atoms with Crippen molar-refractivity contribution < 1.29 is 0 Å². The minimum Gasteiger partial charge on any atom is -0.383 e. The summed E-state index contributed by atoms with van der Waals surface area (Å²) in [4.78, 5) is 8.05. The van der Waals surface area contributed by atoms with Crippen LogP contribution in [0.2, 0.25) is 0 Å². The minimum atomic E-state index is 0. The van der Waals surface area contributed by atoms with Gasteiger partial charge in [-0.15, -0.1) is 0 Å². The first-order valence-corrected chi connectivity index (χ1v) is 8.84. The Kier molecular flexibility index (Phi) is 6.71. The van der Waals surface area contributed by atoms with E-state index in [0.29, 0.717) is 23.7 Å². The zero-order valence-corrected chi connectivity index (χ0v) is 15.9. The summed E-state index contributed by atoms with van der Waals surface area (Å²) in [5.41, 5.74) is 21.1. The minimum absolute atomic E-state index is 0. The van der Waals surface area contributed by atoms with Crippen molar-refractivity contribution in [3.8, 4) is 6.07 Å². The van der Waals surface area contributed by atoms with Crippen LogP contribution in [0.5, 0.6) is 0 Å². The molecular formula is C23H26N6. The van der Waals surface area contributed by atoms with Gasteiger partial charge >= 0.3 is 0 Å². The number of hydrogen-bond donors (Lipinski definition) is 3. The molecule has 2 aromatic carbocycles. The molecule has 148 valence electrons. The second-order valence-electron chi connectivity index (χ2n) is 6.49. The highest BCUT2D eigenvalue weighted by atomic mass is 14.8. The van der Waals surface area contributed by atoms with Gasteiger partial charge in [-0.1, -0.05) is 19.6 Å². The van der Waals surface area contributed by atoms with E-state index >= 15 is 0 Å². The van der Waals surface area contributed by atoms with Gasteiger partial charge in [0.1, 0.15) is 11.6 Å². The van der Waals surface area contributed by atoms with Crippen LogP contribution in [-0.2, 0) is 6.54 Å². The van der Waals surface area contributed by atoms with Crippen molar-refractivity contribution in [1.82, 2.24) is 9.97 Å². The van der Waals surface area contributed by atoms with Crippen LogP contribution in [0.15, 0.2) is 48.8 Å². The number of benzene rings is 2. The quantitative estimate of drug-likeness (QED) is 0.449. The topological polar surface area (TPSA) is 128 Å². The molecule has 0 aliphatic carbocycles. The molecule has 0 atom stereocenters. The van der Waals surface area contributed by atoms with Crippen LogP contribution < -0.4 is 17.2 Å². The van der Waals surface area contributed by atoms with Gasteiger partial charge in [0.05, 0.1) is 11.6 Å². The molecule has 0 aliphatic rings. The zero-order valence-electron chi connectivity index (χ0n) is 15.9. The van der Waals surface area contributed by atoms with Gasteiger partial charge in [-0.3, -0.25) is 0 Å². The molecule has 0 radical (unpaired) electrons. The van der Waals surface area contributed by atoms with E-state index in [2.05, 4.69) is 23.0 Å². The third-order valence-corrected chi connectivity index (χ3v) is 4.94. The summed E-state index contributed by atoms with van der Waals surface area (Å²) in [5.74, 6) is 1.09. The first-order valence-electron chi connectivity index (χ1n) is 8.84. The lowest BCUT2D eigenvalue weighted by atomic mass is 10.0. The fraction of sp³-hybridized carbons (Fsp3) is 0.174. The van der Waals surface area contributed by atoms with Gasteiger partial charge in [0.15, 0.2) is 0 Å². The first-order chi connectivity index (χ1) is 13.5. The van der Waals surface area contributed by atoms with Gasteiger partial charge < -0.3 is 17.2 Å². The van der Waals surface area contributed by atoms with Crippen molar-refractivity contribution >= 4 is 33.2 Å². The van der Waals surface area contributed by atoms with E-state index in [1.165, 1.54) is 5.56 Å². The standard InChI is InChI=1S/C11H13N3.C11H9N3.CH4/c2*1-7-8(6-12)2-3-10-9(7)4-5-14-11(10)13;/h2-5H,6,12H2,1H3,(H2,13,14);2-5H,1H3,(H2,13,14);1H4. The third-order valence-electron chi connectivity index (χ3n) is 4.94. The molecule has 2 heterocycles. The smallest absolute Gasteiger partial charge is 0.131 e. The number of aromatic nitrogens is 2. The Hall–Kier alpha value is -3.69. The Bertz CT molecular complexity index is 1210. The molecule has 0 spiro atoms. The molecule has 6 N–H and O–H groups in total. The van der Waals surface area contributed by atoms with E-state index in [0.717, 1.165) is 32.7 Å². The van der Waals surface area contributed by atoms with Gasteiger partial charge in [0.25, 0.3) is 0 Å². The van der Waals surface area contributed by atoms with Crippen molar-refractivity contribution in [3.63, 3.8) is 0 Å². The van der Waals surface area contributed by atoms with E-state index in [-0.39, 0.29) is 7.43 Å². The predicted octanol–water partition coefficient (Wildman–Crippen LogP) is 4.22. The van der Waals surface area contributed by atoms with Gasteiger partial charge in [-0.05, 0) is 65.6 Å². The number of nitrogen functional groups attached to an aromatic ring is 2. The van der Waals surface area contributed by atoms with Crippen molar-refractivity contribution in [1.29, 1.82) is 5.26 Å². The second-order valence-corrected chi connectivity index (χ2v) is 6.49. The molecule has 6 heteroatoms. The molecule has 0 saturated heterocycles. The van der Waals surface area contributed by atoms with Crippen molar-refractivity contribution in [2.75, 3.05) is 11.5 Å². The number of nitriles is 1. The normalized spacial score (nSPS) is 10.0. The average Bonchev–Trinajstić information content (AvgIpc) is 2.70. The summed E-state index contributed by atoms with van der Waals surface area (Å²) >= 11 is 0. The van der Waals surface area contributed by atoms with E-state index in [4.69, 9.17) is 22.5 Å². The van der Waals surface area contributed by atoms with Crippen LogP contribution in [0.4, 0.5) is 11.6 Å². The zero-order chi connectivity index (χ0) is 20.3. The van der Waals surface area contributed by atoms with Crippen LogP contribution in [0.3, 0.4) is 0 Å². The Morgan fingerprint density at radius 1 is 0.793 bits per heavy atom. The number of anilines is 2. The first kappa shape index (κ1) is 21.6. The van der Waals surface area contributed by atoms with E-state index in [9.17, 15) is 0 Å². The van der Waals surface area contributed by atoms with Crippen molar-refractivity contribution in [2.45, 2.75) is 27.8 Å². The lowest BCUT2D eigenvalue weighted by molar-refractivity contribution is 1.06. The molecule has 0 bridgehead atoms. The molecule has 0 saturated carbocycles. The number of nitrogens with two attached hydrogens (primary N) is 3. The maximum absolute atomic E-state index is 8.85. The number of fused-ring (bicyclic) bond motifs is 2. The van der Waals surface area contributed by atoms with Gasteiger partial charge in [-0.2, -0.15) is 5.26 Å². The van der Waals surface area contributed by atoms with E-state index < -0.39 is 0 Å². The Balaban J connectivity index is 0.000000200. The Morgan fingerprint density at radius 3 is 1.83 bits per heavy atom. The number of rotatable bonds is 1. The highest BCUT2D eigenvalue weighted by molar-refractivity contribution is 5.94. The fourth-order valence-electron chi connectivity index (χ4n) is 3.24. The van der Waals surface area contributed by atoms with Crippen molar-refractivity contribution in [3.05, 3.63) is 71.0 Å². The van der Waals surface area contributed by atoms with Gasteiger partial charge in [-0.25, -0.2) is 9.97 Å². The SMILES string of the molecule is C.Cc1c(C#N)ccc2c(N)nccc12.Cc1c(CN)ccc2c(N)nccc12. The van der Waals surface area contributed by atoms with Gasteiger partial charge in [0, 0.05) is 29.7 Å². The fourth-order valence-corrected chi connectivity index (χ4v) is 3.24. The molecule has 2 aromatic heterocycles. The van der Waals surface area contributed by atoms with Crippen LogP contribution >= 0.6 is 0 Å². The van der Waals surface area contributed by atoms with Crippen molar-refractivity contribution in [2.24, 2.45) is 5.73 Å². The molecule has 0 aliphatic heterocycles. The lowest BCUT2D eigenvalue weighted by Crippen LogP contribution is -2.00. The molecule has 29 heavy (non-hydrogen) atoms. The summed E-state index contributed by atoms with van der Waals surface area (Å²) < 4.78 is 0. The summed E-state index contributed by atoms with van der Waals surface area (Å²) in [6.07, 6.45) is 3.39. The highest BCUT2D eigenvalue weighted by Gasteiger charge is 2.05. The number of pyridine rings is 2. The van der Waals surface area contributed by atoms with Crippen LogP contribution in [-0.4, -0.2) is 9.97 Å². The maximum atomic E-state index is 8.85. The largest absolute Gasteiger partial charge is 0.383 e. The summed E-state index contributed by atoms with van der Waals surface area (Å²) in [6.45, 7) is 4.54. The highest BCUT2D eigenvalue weighted by Crippen LogP contribution is 2.25. The predicted molar refractivity (Wildman–Crippen MR) is 121 cm³/mol. The number of nitrogens with zero attached hydrogens (tertiary/aromatic N) is 3. The Morgan fingerprint density at radius 2 is 1.31 bits per heavy atom. The average molecular weight is 387 g/mol. The molecule has 4 rings (SSSR count). The van der Waals surface area contributed by atoms with Gasteiger partial charge in [0.2, 0.25) is 0 Å². The van der Waals surface area contributed by atoms with Crippen LogP contribution in [0, 0.1) is 25.2 Å². The molecule has 4 aromatic rings. The molecule has 0 amide bonds. The molecule has 6 nitrogen and oxygen atoms in total. The monoisotopic (exact) mass is 386 g/mol. The van der Waals surface area contributed by atoms with Crippen LogP contribution in [0.25, 0.3) is 21.5 Å². The lowest BCUT2D eigenvalue weighted by Gasteiger charge is -2.08. The number of hydrogen-bond acceptors (Lipinski definition) is 6. The van der Waals surface area contributed by atoms with E-state index in [1.807, 2.05) is 37.3 Å². The second kappa shape index (κ2) is 9.00. The maximum Gasteiger partial charge on any atom is 0.131 e.